The van der Waals surface area contributed by atoms with Crippen molar-refractivity contribution in [1.82, 2.24) is 0 Å². The minimum atomic E-state index is -3.39. The molecule has 2 aromatic carbocycles. The van der Waals surface area contributed by atoms with Crippen molar-refractivity contribution in [3.05, 3.63) is 54.1 Å². The van der Waals surface area contributed by atoms with Crippen LogP contribution in [0.5, 0.6) is 0 Å². The highest BCUT2D eigenvalue weighted by molar-refractivity contribution is 7.91. The van der Waals surface area contributed by atoms with Gasteiger partial charge in [0.2, 0.25) is 9.84 Å². The molecule has 4 heteroatoms. The van der Waals surface area contributed by atoms with Gasteiger partial charge in [-0.15, -0.1) is 9.24 Å². The molecular formula is C14H15O2PS. The largest absolute Gasteiger partial charge is 0.219 e. The summed E-state index contributed by atoms with van der Waals surface area (Å²) < 4.78 is 24.7. The number of hydrogen-bond donors (Lipinski definition) is 0. The summed E-state index contributed by atoms with van der Waals surface area (Å²) in [5.74, 6) is 0. The number of hydrogen-bond acceptors (Lipinski definition) is 2. The second kappa shape index (κ2) is 5.21. The molecule has 0 spiro atoms. The van der Waals surface area contributed by atoms with Crippen LogP contribution in [0.25, 0.3) is 0 Å². The Kier molecular flexibility index (Phi) is 3.84. The summed E-state index contributed by atoms with van der Waals surface area (Å²) in [6.07, 6.45) is 0.905. The number of rotatable bonds is 3. The summed E-state index contributed by atoms with van der Waals surface area (Å²) in [6, 6.07) is 13.9. The van der Waals surface area contributed by atoms with Gasteiger partial charge in [0.25, 0.3) is 0 Å². The summed E-state index contributed by atoms with van der Waals surface area (Å²) >= 11 is 0. The van der Waals surface area contributed by atoms with E-state index < -0.39 is 9.84 Å². The highest BCUT2D eigenvalue weighted by atomic mass is 32.2. The lowest BCUT2D eigenvalue weighted by molar-refractivity contribution is 0.596. The van der Waals surface area contributed by atoms with Crippen molar-refractivity contribution in [2.75, 3.05) is 0 Å². The van der Waals surface area contributed by atoms with Crippen LogP contribution in [0.2, 0.25) is 0 Å². The van der Waals surface area contributed by atoms with Gasteiger partial charge in [0, 0.05) is 0 Å². The molecule has 94 valence electrons. The maximum Gasteiger partial charge on any atom is 0.206 e. The van der Waals surface area contributed by atoms with E-state index in [1.54, 1.807) is 36.4 Å². The SMILES string of the molecule is CCc1ccc(S(=O)(=O)c2ccc(P)cc2)cc1. The third-order valence-electron chi connectivity index (χ3n) is 2.83. The van der Waals surface area contributed by atoms with Crippen LogP contribution in [0.4, 0.5) is 0 Å². The molecular weight excluding hydrogens is 263 g/mol. The van der Waals surface area contributed by atoms with Gasteiger partial charge in [-0.2, -0.15) is 0 Å². The van der Waals surface area contributed by atoms with E-state index >= 15 is 0 Å². The van der Waals surface area contributed by atoms with Crippen LogP contribution in [-0.4, -0.2) is 8.42 Å². The molecule has 0 radical (unpaired) electrons. The Labute approximate surface area is 110 Å². The molecule has 0 aliphatic heterocycles. The van der Waals surface area contributed by atoms with Crippen LogP contribution >= 0.6 is 9.24 Å². The van der Waals surface area contributed by atoms with Crippen molar-refractivity contribution in [1.29, 1.82) is 0 Å². The first-order valence-corrected chi connectivity index (χ1v) is 7.79. The van der Waals surface area contributed by atoms with Crippen LogP contribution in [0.3, 0.4) is 0 Å². The molecule has 0 bridgehead atoms. The summed E-state index contributed by atoms with van der Waals surface area (Å²) in [6.45, 7) is 2.04. The number of aryl methyl sites for hydroxylation is 1. The highest BCUT2D eigenvalue weighted by Crippen LogP contribution is 2.20. The third-order valence-corrected chi connectivity index (χ3v) is 5.00. The standard InChI is InChI=1S/C14H15O2PS/c1-2-11-3-7-13(8-4-11)18(15,16)14-9-5-12(17)6-10-14/h3-10H,2,17H2,1H3. The van der Waals surface area contributed by atoms with Crippen LogP contribution < -0.4 is 5.30 Å². The topological polar surface area (TPSA) is 34.1 Å². The van der Waals surface area contributed by atoms with Crippen molar-refractivity contribution in [2.45, 2.75) is 23.1 Å². The zero-order valence-electron chi connectivity index (χ0n) is 10.1. The minimum Gasteiger partial charge on any atom is -0.219 e. The zero-order valence-corrected chi connectivity index (χ0v) is 12.1. The summed E-state index contributed by atoms with van der Waals surface area (Å²) in [5, 5.41) is 0.968. The van der Waals surface area contributed by atoms with Crippen molar-refractivity contribution in [3.63, 3.8) is 0 Å². The molecule has 0 amide bonds. The Morgan fingerprint density at radius 1 is 0.889 bits per heavy atom. The third kappa shape index (κ3) is 2.63. The van der Waals surface area contributed by atoms with E-state index in [2.05, 4.69) is 9.24 Å². The lowest BCUT2D eigenvalue weighted by Gasteiger charge is -2.05. The quantitative estimate of drug-likeness (QED) is 0.809. The summed E-state index contributed by atoms with van der Waals surface area (Å²) in [4.78, 5) is 0.675. The Balaban J connectivity index is 2.44. The van der Waals surface area contributed by atoms with E-state index in [4.69, 9.17) is 0 Å². The smallest absolute Gasteiger partial charge is 0.206 e. The molecule has 0 fully saturated rings. The van der Waals surface area contributed by atoms with Gasteiger partial charge in [-0.05, 0) is 41.6 Å². The molecule has 0 aromatic heterocycles. The van der Waals surface area contributed by atoms with Crippen molar-refractivity contribution in [3.8, 4) is 0 Å². The van der Waals surface area contributed by atoms with Gasteiger partial charge in [-0.1, -0.05) is 31.2 Å². The average Bonchev–Trinajstić information content (AvgIpc) is 2.39. The summed E-state index contributed by atoms with van der Waals surface area (Å²) in [5.41, 5.74) is 1.13. The maximum absolute atomic E-state index is 12.3. The second-order valence-corrected chi connectivity index (χ2v) is 6.69. The fourth-order valence-corrected chi connectivity index (χ4v) is 3.14. The average molecular weight is 278 g/mol. The molecule has 1 atom stereocenters. The van der Waals surface area contributed by atoms with Crippen molar-refractivity contribution < 1.29 is 8.42 Å². The van der Waals surface area contributed by atoms with Gasteiger partial charge >= 0.3 is 0 Å². The van der Waals surface area contributed by atoms with E-state index in [0.29, 0.717) is 9.79 Å². The molecule has 0 saturated carbocycles. The van der Waals surface area contributed by atoms with Gasteiger partial charge in [-0.3, -0.25) is 0 Å². The lowest BCUT2D eigenvalue weighted by atomic mass is 10.2. The first-order chi connectivity index (χ1) is 8.54. The van der Waals surface area contributed by atoms with Gasteiger partial charge in [-0.25, -0.2) is 8.42 Å². The van der Waals surface area contributed by atoms with E-state index in [-0.39, 0.29) is 0 Å². The van der Waals surface area contributed by atoms with E-state index in [9.17, 15) is 8.42 Å². The van der Waals surface area contributed by atoms with Gasteiger partial charge in [0.05, 0.1) is 9.79 Å². The fraction of sp³-hybridized carbons (Fsp3) is 0.143. The van der Waals surface area contributed by atoms with E-state index in [1.807, 2.05) is 19.1 Å². The van der Waals surface area contributed by atoms with Crippen LogP contribution in [0.1, 0.15) is 12.5 Å². The summed E-state index contributed by atoms with van der Waals surface area (Å²) in [7, 11) is -0.851. The first kappa shape index (κ1) is 13.3. The molecule has 0 saturated heterocycles. The van der Waals surface area contributed by atoms with Crippen LogP contribution in [0.15, 0.2) is 58.3 Å². The number of benzene rings is 2. The molecule has 18 heavy (non-hydrogen) atoms. The normalized spacial score (nSPS) is 11.4. The highest BCUT2D eigenvalue weighted by Gasteiger charge is 2.16. The maximum atomic E-state index is 12.3. The van der Waals surface area contributed by atoms with Crippen molar-refractivity contribution >= 4 is 24.4 Å². The Morgan fingerprint density at radius 2 is 1.33 bits per heavy atom. The molecule has 2 rings (SSSR count). The van der Waals surface area contributed by atoms with E-state index in [1.165, 1.54) is 0 Å². The predicted molar refractivity (Wildman–Crippen MR) is 77.1 cm³/mol. The molecule has 0 heterocycles. The molecule has 2 aromatic rings. The molecule has 0 N–H and O–H groups in total. The first-order valence-electron chi connectivity index (χ1n) is 5.73. The Bertz CT molecular complexity index is 628. The van der Waals surface area contributed by atoms with Crippen molar-refractivity contribution in [2.24, 2.45) is 0 Å². The molecule has 2 nitrogen and oxygen atoms in total. The fourth-order valence-electron chi connectivity index (χ4n) is 1.69. The van der Waals surface area contributed by atoms with Gasteiger partial charge in [0.15, 0.2) is 0 Å². The predicted octanol–water partition coefficient (Wildman–Crippen LogP) is 2.58. The zero-order chi connectivity index (χ0) is 13.2. The number of sulfone groups is 1. The molecule has 0 aliphatic rings. The van der Waals surface area contributed by atoms with E-state index in [0.717, 1.165) is 17.3 Å². The Hall–Kier alpha value is -1.18. The molecule has 1 unspecified atom stereocenters. The van der Waals surface area contributed by atoms with Gasteiger partial charge < -0.3 is 0 Å². The van der Waals surface area contributed by atoms with Crippen LogP contribution in [-0.2, 0) is 16.3 Å². The minimum absolute atomic E-state index is 0.331. The Morgan fingerprint density at radius 3 is 1.78 bits per heavy atom. The monoisotopic (exact) mass is 278 g/mol. The van der Waals surface area contributed by atoms with Crippen LogP contribution in [0, 0.1) is 0 Å². The second-order valence-electron chi connectivity index (χ2n) is 4.07. The molecule has 0 aliphatic carbocycles. The lowest BCUT2D eigenvalue weighted by Crippen LogP contribution is -2.03. The van der Waals surface area contributed by atoms with Gasteiger partial charge in [0.1, 0.15) is 0 Å².